The van der Waals surface area contributed by atoms with E-state index in [1.165, 1.54) is 13.2 Å². The minimum absolute atomic E-state index is 0.00363. The molecule has 1 aliphatic heterocycles. The number of hydrogen-bond donors (Lipinski definition) is 2. The molecule has 1 saturated heterocycles. The first-order chi connectivity index (χ1) is 9.86. The molecule has 118 valence electrons. The van der Waals surface area contributed by atoms with Crippen LogP contribution in [-0.2, 0) is 10.0 Å². The molecule has 0 aromatic heterocycles. The van der Waals surface area contributed by atoms with E-state index in [2.05, 4.69) is 32.9 Å². The van der Waals surface area contributed by atoms with Crippen molar-refractivity contribution in [3.8, 4) is 5.75 Å². The Morgan fingerprint density at radius 2 is 2.05 bits per heavy atom. The van der Waals surface area contributed by atoms with Crippen LogP contribution < -0.4 is 14.8 Å². The Labute approximate surface area is 134 Å². The van der Waals surface area contributed by atoms with Gasteiger partial charge in [-0.15, -0.1) is 0 Å². The van der Waals surface area contributed by atoms with Crippen LogP contribution in [0.15, 0.2) is 27.6 Å². The van der Waals surface area contributed by atoms with Crippen LogP contribution in [0, 0.1) is 5.41 Å². The van der Waals surface area contributed by atoms with Crippen LogP contribution >= 0.6 is 15.9 Å². The number of methoxy groups -OCH3 is 1. The van der Waals surface area contributed by atoms with Gasteiger partial charge in [-0.3, -0.25) is 0 Å². The molecule has 0 amide bonds. The summed E-state index contributed by atoms with van der Waals surface area (Å²) in [6.45, 7) is 4.43. The lowest BCUT2D eigenvalue weighted by Gasteiger charge is -2.34. The van der Waals surface area contributed by atoms with Crippen molar-refractivity contribution in [1.29, 1.82) is 0 Å². The first kappa shape index (κ1) is 16.7. The Kier molecular flexibility index (Phi) is 5.29. The van der Waals surface area contributed by atoms with E-state index in [0.29, 0.717) is 16.8 Å². The Hall–Kier alpha value is -0.630. The van der Waals surface area contributed by atoms with E-state index in [0.717, 1.165) is 25.9 Å². The second-order valence-electron chi connectivity index (χ2n) is 5.68. The summed E-state index contributed by atoms with van der Waals surface area (Å²) in [7, 11) is -2.04. The van der Waals surface area contributed by atoms with E-state index in [9.17, 15) is 8.42 Å². The van der Waals surface area contributed by atoms with E-state index in [1.807, 2.05) is 0 Å². The van der Waals surface area contributed by atoms with Crippen LogP contribution in [0.3, 0.4) is 0 Å². The Morgan fingerprint density at radius 3 is 2.67 bits per heavy atom. The Morgan fingerprint density at radius 1 is 1.38 bits per heavy atom. The van der Waals surface area contributed by atoms with E-state index in [-0.39, 0.29) is 10.3 Å². The molecule has 1 aliphatic rings. The molecule has 1 aromatic rings. The van der Waals surface area contributed by atoms with Crippen LogP contribution in [-0.4, -0.2) is 35.2 Å². The summed E-state index contributed by atoms with van der Waals surface area (Å²) < 4.78 is 33.4. The summed E-state index contributed by atoms with van der Waals surface area (Å²) >= 11 is 3.29. The first-order valence-corrected chi connectivity index (χ1v) is 9.18. The minimum atomic E-state index is -3.56. The molecule has 0 radical (unpaired) electrons. The van der Waals surface area contributed by atoms with E-state index >= 15 is 0 Å². The molecule has 1 aromatic carbocycles. The largest absolute Gasteiger partial charge is 0.497 e. The van der Waals surface area contributed by atoms with Gasteiger partial charge in [-0.05, 0) is 59.4 Å². The van der Waals surface area contributed by atoms with Gasteiger partial charge in [0.25, 0.3) is 0 Å². The molecule has 1 heterocycles. The van der Waals surface area contributed by atoms with Crippen LogP contribution in [0.1, 0.15) is 19.8 Å². The highest BCUT2D eigenvalue weighted by atomic mass is 79.9. The van der Waals surface area contributed by atoms with Crippen molar-refractivity contribution in [1.82, 2.24) is 10.0 Å². The zero-order valence-electron chi connectivity index (χ0n) is 12.3. The van der Waals surface area contributed by atoms with Crippen molar-refractivity contribution < 1.29 is 13.2 Å². The molecular formula is C14H21BrN2O3S. The maximum absolute atomic E-state index is 12.5. The lowest BCUT2D eigenvalue weighted by molar-refractivity contribution is 0.232. The predicted octanol–water partition coefficient (Wildman–Crippen LogP) is 2.13. The van der Waals surface area contributed by atoms with Crippen LogP contribution in [0.4, 0.5) is 0 Å². The average molecular weight is 377 g/mol. The van der Waals surface area contributed by atoms with Gasteiger partial charge in [0, 0.05) is 17.1 Å². The van der Waals surface area contributed by atoms with E-state index in [4.69, 9.17) is 4.74 Å². The molecular weight excluding hydrogens is 356 g/mol. The number of nitrogens with one attached hydrogen (secondary N) is 2. The van der Waals surface area contributed by atoms with Gasteiger partial charge in [0.2, 0.25) is 10.0 Å². The number of piperidine rings is 1. The Balaban J connectivity index is 2.15. The normalized spacial score (nSPS) is 18.4. The van der Waals surface area contributed by atoms with Crippen molar-refractivity contribution in [2.75, 3.05) is 26.7 Å². The maximum atomic E-state index is 12.5. The molecule has 0 spiro atoms. The standard InChI is InChI=1S/C14H21BrN2O3S/c1-14(5-7-16-8-6-14)10-17-21(18,19)13-9-11(20-2)3-4-12(13)15/h3-4,9,16-17H,5-8,10H2,1-2H3. The van der Waals surface area contributed by atoms with Gasteiger partial charge in [-0.25, -0.2) is 13.1 Å². The Bertz CT molecular complexity index is 598. The number of sulfonamides is 1. The molecule has 7 heteroatoms. The van der Waals surface area contributed by atoms with Crippen LogP contribution in [0.5, 0.6) is 5.75 Å². The molecule has 2 N–H and O–H groups in total. The monoisotopic (exact) mass is 376 g/mol. The summed E-state index contributed by atoms with van der Waals surface area (Å²) in [4.78, 5) is 0.208. The van der Waals surface area contributed by atoms with E-state index in [1.54, 1.807) is 12.1 Å². The zero-order valence-corrected chi connectivity index (χ0v) is 14.7. The maximum Gasteiger partial charge on any atom is 0.241 e. The van der Waals surface area contributed by atoms with Crippen molar-refractivity contribution >= 4 is 26.0 Å². The van der Waals surface area contributed by atoms with Gasteiger partial charge in [0.15, 0.2) is 0 Å². The highest BCUT2D eigenvalue weighted by Gasteiger charge is 2.29. The van der Waals surface area contributed by atoms with Crippen LogP contribution in [0.25, 0.3) is 0 Å². The summed E-state index contributed by atoms with van der Waals surface area (Å²) in [5.74, 6) is 0.520. The van der Waals surface area contributed by atoms with Crippen molar-refractivity contribution in [2.45, 2.75) is 24.7 Å². The third-order valence-corrected chi connectivity index (χ3v) is 6.32. The number of benzene rings is 1. The summed E-state index contributed by atoms with van der Waals surface area (Å²) in [6, 6.07) is 4.92. The minimum Gasteiger partial charge on any atom is -0.497 e. The van der Waals surface area contributed by atoms with Gasteiger partial charge in [0.05, 0.1) is 12.0 Å². The van der Waals surface area contributed by atoms with Crippen molar-refractivity contribution in [3.63, 3.8) is 0 Å². The fraction of sp³-hybridized carbons (Fsp3) is 0.571. The van der Waals surface area contributed by atoms with Crippen molar-refractivity contribution in [3.05, 3.63) is 22.7 Å². The third kappa shape index (κ3) is 4.18. The second-order valence-corrected chi connectivity index (χ2v) is 8.27. The smallest absolute Gasteiger partial charge is 0.241 e. The SMILES string of the molecule is COc1ccc(Br)c(S(=O)(=O)NCC2(C)CCNCC2)c1. The molecule has 5 nitrogen and oxygen atoms in total. The quantitative estimate of drug-likeness (QED) is 0.825. The number of halogens is 1. The van der Waals surface area contributed by atoms with Gasteiger partial charge in [0.1, 0.15) is 5.75 Å². The molecule has 1 fully saturated rings. The summed E-state index contributed by atoms with van der Waals surface area (Å²) in [5, 5.41) is 3.29. The van der Waals surface area contributed by atoms with Gasteiger partial charge < -0.3 is 10.1 Å². The molecule has 0 atom stereocenters. The lowest BCUT2D eigenvalue weighted by Crippen LogP contribution is -2.42. The molecule has 0 unspecified atom stereocenters. The fourth-order valence-corrected chi connectivity index (χ4v) is 4.55. The highest BCUT2D eigenvalue weighted by Crippen LogP contribution is 2.29. The van der Waals surface area contributed by atoms with Gasteiger partial charge >= 0.3 is 0 Å². The first-order valence-electron chi connectivity index (χ1n) is 6.90. The van der Waals surface area contributed by atoms with Crippen LogP contribution in [0.2, 0.25) is 0 Å². The third-order valence-electron chi connectivity index (χ3n) is 3.93. The molecule has 0 aliphatic carbocycles. The molecule has 0 bridgehead atoms. The predicted molar refractivity (Wildman–Crippen MR) is 86.1 cm³/mol. The second kappa shape index (κ2) is 6.64. The molecule has 2 rings (SSSR count). The zero-order chi connectivity index (χ0) is 15.5. The summed E-state index contributed by atoms with van der Waals surface area (Å²) in [6.07, 6.45) is 1.93. The topological polar surface area (TPSA) is 67.4 Å². The van der Waals surface area contributed by atoms with E-state index < -0.39 is 10.0 Å². The number of ether oxygens (including phenoxy) is 1. The fourth-order valence-electron chi connectivity index (χ4n) is 2.37. The lowest BCUT2D eigenvalue weighted by atomic mass is 9.81. The van der Waals surface area contributed by atoms with Gasteiger partial charge in [-0.2, -0.15) is 0 Å². The molecule has 0 saturated carbocycles. The summed E-state index contributed by atoms with van der Waals surface area (Å²) in [5.41, 5.74) is 0.00363. The highest BCUT2D eigenvalue weighted by molar-refractivity contribution is 9.10. The average Bonchev–Trinajstić information content (AvgIpc) is 2.47. The van der Waals surface area contributed by atoms with Crippen molar-refractivity contribution in [2.24, 2.45) is 5.41 Å². The number of rotatable bonds is 5. The molecule has 21 heavy (non-hydrogen) atoms. The van der Waals surface area contributed by atoms with Gasteiger partial charge in [-0.1, -0.05) is 6.92 Å². The number of hydrogen-bond acceptors (Lipinski definition) is 4.